The van der Waals surface area contributed by atoms with E-state index in [1.54, 1.807) is 9.80 Å². The van der Waals surface area contributed by atoms with Gasteiger partial charge < -0.3 is 19.8 Å². The molecule has 1 unspecified atom stereocenters. The summed E-state index contributed by atoms with van der Waals surface area (Å²) in [6.45, 7) is 0.745. The van der Waals surface area contributed by atoms with Gasteiger partial charge in [0, 0.05) is 43.5 Å². The molecule has 1 fully saturated rings. The van der Waals surface area contributed by atoms with Gasteiger partial charge >= 0.3 is 12.1 Å². The number of guanidine groups is 1. The molecule has 0 aromatic heterocycles. The molecular weight excluding hydrogens is 526 g/mol. The number of carboxylic acids is 1. The highest BCUT2D eigenvalue weighted by molar-refractivity contribution is 6.01. The van der Waals surface area contributed by atoms with Crippen molar-refractivity contribution in [1.82, 2.24) is 4.90 Å². The van der Waals surface area contributed by atoms with E-state index in [9.17, 15) is 36.2 Å². The number of hydrogen-bond donors (Lipinski definition) is 1. The minimum Gasteiger partial charge on any atom is -0.481 e. The van der Waals surface area contributed by atoms with Crippen molar-refractivity contribution in [3.63, 3.8) is 0 Å². The predicted octanol–water partition coefficient (Wildman–Crippen LogP) is 5.97. The Bertz CT molecular complexity index is 1440. The molecule has 0 amide bonds. The second-order valence-electron chi connectivity index (χ2n) is 9.19. The number of fused-ring (bicyclic) bond motifs is 1. The standard InChI is InChI=1S/C27H22F6N4O2/c28-17-7-8-20(29)23(14-17)35-9-11-36(12-10-35)26-34-25-19(5-2-6-21(25)30)22(15-24(38)39)37(26)18-4-1-3-16(13-18)27(31,32)33/h1-8,13-14,22H,9-12,15H2,(H,38,39). The lowest BCUT2D eigenvalue weighted by Gasteiger charge is -2.45. The number of aliphatic carboxylic acids is 1. The lowest BCUT2D eigenvalue weighted by molar-refractivity contribution is -0.138. The molecule has 12 heteroatoms. The van der Waals surface area contributed by atoms with Crippen molar-refractivity contribution >= 4 is 29.0 Å². The second kappa shape index (κ2) is 10.2. The van der Waals surface area contributed by atoms with Gasteiger partial charge in [-0.25, -0.2) is 18.2 Å². The zero-order valence-electron chi connectivity index (χ0n) is 20.3. The summed E-state index contributed by atoms with van der Waals surface area (Å²) in [6, 6.07) is 10.5. The predicted molar refractivity (Wildman–Crippen MR) is 133 cm³/mol. The maximum Gasteiger partial charge on any atom is 0.416 e. The number of rotatable bonds is 4. The molecule has 1 saturated heterocycles. The Labute approximate surface area is 219 Å². The fraction of sp³-hybridized carbons (Fsp3) is 0.259. The Morgan fingerprint density at radius 3 is 2.28 bits per heavy atom. The van der Waals surface area contributed by atoms with E-state index in [4.69, 9.17) is 0 Å². The van der Waals surface area contributed by atoms with Gasteiger partial charge in [-0.2, -0.15) is 13.2 Å². The number of para-hydroxylation sites is 1. The summed E-state index contributed by atoms with van der Waals surface area (Å²) < 4.78 is 83.8. The largest absolute Gasteiger partial charge is 0.481 e. The molecule has 1 N–H and O–H groups in total. The Morgan fingerprint density at radius 1 is 0.897 bits per heavy atom. The number of alkyl halides is 3. The van der Waals surface area contributed by atoms with E-state index >= 15 is 0 Å². The molecule has 0 bridgehead atoms. The third-order valence-electron chi connectivity index (χ3n) is 6.75. The molecular formula is C27H22F6N4O2. The molecule has 0 saturated carbocycles. The van der Waals surface area contributed by atoms with Crippen molar-refractivity contribution in [1.29, 1.82) is 0 Å². The number of hydrogen-bond acceptors (Lipinski definition) is 5. The highest BCUT2D eigenvalue weighted by Crippen LogP contribution is 2.43. The van der Waals surface area contributed by atoms with Crippen LogP contribution in [0.2, 0.25) is 0 Å². The first-order valence-corrected chi connectivity index (χ1v) is 12.0. The van der Waals surface area contributed by atoms with Crippen molar-refractivity contribution < 1.29 is 36.2 Å². The number of nitrogens with zero attached hydrogens (tertiary/aromatic N) is 4. The molecule has 204 valence electrons. The number of anilines is 2. The van der Waals surface area contributed by atoms with Gasteiger partial charge in [-0.3, -0.25) is 4.79 Å². The molecule has 1 atom stereocenters. The molecule has 5 rings (SSSR count). The lowest BCUT2D eigenvalue weighted by Crippen LogP contribution is -2.55. The van der Waals surface area contributed by atoms with Crippen molar-refractivity contribution in [2.24, 2.45) is 4.99 Å². The third-order valence-corrected chi connectivity index (χ3v) is 6.75. The lowest BCUT2D eigenvalue weighted by atomic mass is 9.97. The summed E-state index contributed by atoms with van der Waals surface area (Å²) in [5.41, 5.74) is -0.720. The summed E-state index contributed by atoms with van der Waals surface area (Å²) in [4.78, 5) is 21.0. The van der Waals surface area contributed by atoms with E-state index in [-0.39, 0.29) is 54.8 Å². The van der Waals surface area contributed by atoms with Crippen LogP contribution in [0.25, 0.3) is 0 Å². The van der Waals surface area contributed by atoms with Crippen LogP contribution in [-0.4, -0.2) is 48.1 Å². The zero-order valence-corrected chi connectivity index (χ0v) is 20.3. The molecule has 3 aromatic carbocycles. The molecule has 0 radical (unpaired) electrons. The maximum atomic E-state index is 14.9. The molecule has 6 nitrogen and oxygen atoms in total. The Morgan fingerprint density at radius 2 is 1.59 bits per heavy atom. The van der Waals surface area contributed by atoms with Gasteiger partial charge in [-0.05, 0) is 36.4 Å². The highest BCUT2D eigenvalue weighted by Gasteiger charge is 2.39. The summed E-state index contributed by atoms with van der Waals surface area (Å²) >= 11 is 0. The summed E-state index contributed by atoms with van der Waals surface area (Å²) in [5, 5.41) is 9.69. The maximum absolute atomic E-state index is 14.9. The first kappa shape index (κ1) is 26.4. The van der Waals surface area contributed by atoms with Crippen molar-refractivity contribution in [3.05, 3.63) is 89.2 Å². The van der Waals surface area contributed by atoms with Gasteiger partial charge in [0.25, 0.3) is 0 Å². The Kier molecular flexibility index (Phi) is 6.87. The van der Waals surface area contributed by atoms with E-state index in [2.05, 4.69) is 4.99 Å². The van der Waals surface area contributed by atoms with Crippen molar-refractivity contribution in [2.75, 3.05) is 36.0 Å². The van der Waals surface area contributed by atoms with Crippen LogP contribution in [0.4, 0.5) is 43.4 Å². The molecule has 0 spiro atoms. The van der Waals surface area contributed by atoms with Gasteiger partial charge in [0.05, 0.1) is 23.7 Å². The summed E-state index contributed by atoms with van der Waals surface area (Å²) in [6.07, 6.45) is -5.20. The summed E-state index contributed by atoms with van der Waals surface area (Å²) in [7, 11) is 0. The molecule has 2 aliphatic heterocycles. The SMILES string of the molecule is O=C(O)CC1c2cccc(F)c2N=C(N2CCN(c3cc(F)ccc3F)CC2)N1c1cccc(C(F)(F)F)c1. The first-order valence-electron chi connectivity index (χ1n) is 12.0. The number of piperazine rings is 1. The monoisotopic (exact) mass is 548 g/mol. The number of aliphatic imine (C=N–C) groups is 1. The minimum absolute atomic E-state index is 0.0309. The van der Waals surface area contributed by atoms with Crippen LogP contribution in [0.3, 0.4) is 0 Å². The third kappa shape index (κ3) is 5.23. The van der Waals surface area contributed by atoms with Crippen molar-refractivity contribution in [2.45, 2.75) is 18.6 Å². The van der Waals surface area contributed by atoms with Crippen LogP contribution in [0.1, 0.15) is 23.6 Å². The Balaban J connectivity index is 1.57. The number of carbonyl (C=O) groups is 1. The van der Waals surface area contributed by atoms with Gasteiger partial charge in [0.1, 0.15) is 23.1 Å². The van der Waals surface area contributed by atoms with Gasteiger partial charge in [0.15, 0.2) is 0 Å². The van der Waals surface area contributed by atoms with Gasteiger partial charge in [-0.1, -0.05) is 18.2 Å². The van der Waals surface area contributed by atoms with E-state index in [0.717, 1.165) is 30.3 Å². The second-order valence-corrected chi connectivity index (χ2v) is 9.19. The number of halogens is 6. The zero-order chi connectivity index (χ0) is 27.9. The average Bonchev–Trinajstić information content (AvgIpc) is 2.90. The average molecular weight is 548 g/mol. The fourth-order valence-electron chi connectivity index (χ4n) is 4.94. The van der Waals surface area contributed by atoms with Crippen LogP contribution in [0.5, 0.6) is 0 Å². The molecule has 2 aliphatic rings. The highest BCUT2D eigenvalue weighted by atomic mass is 19.4. The summed E-state index contributed by atoms with van der Waals surface area (Å²) in [5.74, 6) is -3.09. The number of carboxylic acid groups (broad SMARTS) is 1. The topological polar surface area (TPSA) is 59.4 Å². The fourth-order valence-corrected chi connectivity index (χ4v) is 4.94. The quantitative estimate of drug-likeness (QED) is 0.408. The van der Waals surface area contributed by atoms with E-state index < -0.39 is 47.6 Å². The Hall–Kier alpha value is -4.22. The molecule has 39 heavy (non-hydrogen) atoms. The molecule has 3 aromatic rings. The van der Waals surface area contributed by atoms with Crippen LogP contribution in [0.15, 0.2) is 65.7 Å². The number of benzene rings is 3. The van der Waals surface area contributed by atoms with Gasteiger partial charge in [0.2, 0.25) is 5.96 Å². The normalized spacial score (nSPS) is 17.6. The van der Waals surface area contributed by atoms with Crippen LogP contribution in [-0.2, 0) is 11.0 Å². The minimum atomic E-state index is -4.66. The van der Waals surface area contributed by atoms with Gasteiger partial charge in [-0.15, -0.1) is 0 Å². The van der Waals surface area contributed by atoms with Crippen LogP contribution in [0, 0.1) is 17.5 Å². The van der Waals surface area contributed by atoms with Crippen LogP contribution < -0.4 is 9.80 Å². The van der Waals surface area contributed by atoms with Crippen LogP contribution >= 0.6 is 0 Å². The van der Waals surface area contributed by atoms with E-state index in [0.29, 0.717) is 0 Å². The smallest absolute Gasteiger partial charge is 0.416 e. The van der Waals surface area contributed by atoms with E-state index in [1.165, 1.54) is 35.2 Å². The van der Waals surface area contributed by atoms with Crippen molar-refractivity contribution in [3.8, 4) is 0 Å². The first-order chi connectivity index (χ1) is 18.5. The molecule has 2 heterocycles. The van der Waals surface area contributed by atoms with E-state index in [1.807, 2.05) is 0 Å². The molecule has 0 aliphatic carbocycles.